The van der Waals surface area contributed by atoms with Crippen LogP contribution in [0.5, 0.6) is 0 Å². The Bertz CT molecular complexity index is 1020. The summed E-state index contributed by atoms with van der Waals surface area (Å²) >= 11 is 0. The Labute approximate surface area is 153 Å². The van der Waals surface area contributed by atoms with Crippen molar-refractivity contribution in [3.8, 4) is 0 Å². The van der Waals surface area contributed by atoms with E-state index in [1.54, 1.807) is 18.2 Å². The first kappa shape index (κ1) is 19.0. The average molecular weight is 399 g/mol. The van der Waals surface area contributed by atoms with Crippen LogP contribution in [0.4, 0.5) is 0 Å². The van der Waals surface area contributed by atoms with Gasteiger partial charge in [-0.1, -0.05) is 11.2 Å². The molecule has 0 saturated carbocycles. The van der Waals surface area contributed by atoms with Gasteiger partial charge in [-0.2, -0.15) is 4.31 Å². The predicted molar refractivity (Wildman–Crippen MR) is 94.1 cm³/mol. The van der Waals surface area contributed by atoms with Gasteiger partial charge in [-0.3, -0.25) is 0 Å². The van der Waals surface area contributed by atoms with Gasteiger partial charge in [0.25, 0.3) is 0 Å². The van der Waals surface area contributed by atoms with Crippen molar-refractivity contribution >= 4 is 19.9 Å². The van der Waals surface area contributed by atoms with Crippen molar-refractivity contribution in [3.63, 3.8) is 0 Å². The maximum Gasteiger partial charge on any atom is 0.335 e. The SMILES string of the molecule is Cc1ccc(S(=O)(=O)N2CCC(c3nnc(S(C)(=O)=O)o3)CC2)cc1C. The number of aromatic nitrogens is 2. The number of rotatable bonds is 4. The summed E-state index contributed by atoms with van der Waals surface area (Å²) in [5.41, 5.74) is 1.97. The van der Waals surface area contributed by atoms with Crippen LogP contribution in [0.25, 0.3) is 0 Å². The molecule has 0 bridgehead atoms. The summed E-state index contributed by atoms with van der Waals surface area (Å²) in [7, 11) is -7.10. The van der Waals surface area contributed by atoms with Crippen LogP contribution in [0.15, 0.2) is 32.7 Å². The van der Waals surface area contributed by atoms with E-state index in [0.29, 0.717) is 25.9 Å². The van der Waals surface area contributed by atoms with Gasteiger partial charge < -0.3 is 4.42 Å². The number of hydrogen-bond acceptors (Lipinski definition) is 7. The third-order valence-corrected chi connectivity index (χ3v) is 7.35. The lowest BCUT2D eigenvalue weighted by Crippen LogP contribution is -2.38. The lowest BCUT2D eigenvalue weighted by Gasteiger charge is -2.29. The van der Waals surface area contributed by atoms with Crippen LogP contribution >= 0.6 is 0 Å². The smallest absolute Gasteiger partial charge is 0.335 e. The first-order valence-corrected chi connectivity index (χ1v) is 11.5. The fourth-order valence-corrected chi connectivity index (χ4v) is 4.88. The van der Waals surface area contributed by atoms with Gasteiger partial charge in [-0.25, -0.2) is 16.8 Å². The van der Waals surface area contributed by atoms with E-state index in [1.807, 2.05) is 13.8 Å². The minimum Gasteiger partial charge on any atom is -0.412 e. The molecule has 0 N–H and O–H groups in total. The van der Waals surface area contributed by atoms with E-state index < -0.39 is 25.1 Å². The molecule has 0 radical (unpaired) electrons. The molecule has 0 amide bonds. The molecule has 1 saturated heterocycles. The molecule has 2 heterocycles. The van der Waals surface area contributed by atoms with Crippen LogP contribution in [-0.4, -0.2) is 50.7 Å². The second-order valence-electron chi connectivity index (χ2n) is 6.60. The molecule has 26 heavy (non-hydrogen) atoms. The van der Waals surface area contributed by atoms with Crippen molar-refractivity contribution in [2.45, 2.75) is 42.7 Å². The molecule has 1 fully saturated rings. The number of piperidine rings is 1. The summed E-state index contributed by atoms with van der Waals surface area (Å²) in [4.78, 5) is 0.288. The molecule has 0 unspecified atom stereocenters. The Morgan fingerprint density at radius 3 is 2.23 bits per heavy atom. The largest absolute Gasteiger partial charge is 0.412 e. The third kappa shape index (κ3) is 3.67. The zero-order valence-corrected chi connectivity index (χ0v) is 16.5. The summed E-state index contributed by atoms with van der Waals surface area (Å²) in [6, 6.07) is 5.12. The third-order valence-electron chi connectivity index (χ3n) is 4.66. The molecule has 0 spiro atoms. The normalized spacial score (nSPS) is 17.5. The first-order chi connectivity index (χ1) is 12.1. The average Bonchev–Trinajstić information content (AvgIpc) is 3.08. The van der Waals surface area contributed by atoms with E-state index in [1.165, 1.54) is 4.31 Å². The van der Waals surface area contributed by atoms with E-state index in [4.69, 9.17) is 4.42 Å². The molecular weight excluding hydrogens is 378 g/mol. The van der Waals surface area contributed by atoms with Gasteiger partial charge in [0.05, 0.1) is 4.90 Å². The van der Waals surface area contributed by atoms with Gasteiger partial charge in [-0.15, -0.1) is 5.10 Å². The van der Waals surface area contributed by atoms with Crippen molar-refractivity contribution in [1.29, 1.82) is 0 Å². The lowest BCUT2D eigenvalue weighted by atomic mass is 9.98. The molecule has 1 aromatic carbocycles. The van der Waals surface area contributed by atoms with E-state index in [-0.39, 0.29) is 16.7 Å². The van der Waals surface area contributed by atoms with Crippen molar-refractivity contribution in [1.82, 2.24) is 14.5 Å². The van der Waals surface area contributed by atoms with Crippen LogP contribution in [0.2, 0.25) is 0 Å². The highest BCUT2D eigenvalue weighted by atomic mass is 32.2. The molecule has 142 valence electrons. The van der Waals surface area contributed by atoms with Crippen molar-refractivity contribution < 1.29 is 21.3 Å². The standard InChI is InChI=1S/C16H21N3O5S2/c1-11-4-5-14(10-12(11)2)26(22,23)19-8-6-13(7-9-19)15-17-18-16(24-15)25(3,20)21/h4-5,10,13H,6-9H2,1-3H3. The van der Waals surface area contributed by atoms with E-state index >= 15 is 0 Å². The minimum absolute atomic E-state index is 0.149. The van der Waals surface area contributed by atoms with Crippen LogP contribution < -0.4 is 0 Å². The Kier molecular flexibility index (Phi) is 4.93. The van der Waals surface area contributed by atoms with Crippen LogP contribution in [0.3, 0.4) is 0 Å². The maximum atomic E-state index is 12.8. The van der Waals surface area contributed by atoms with Gasteiger partial charge in [0.1, 0.15) is 0 Å². The fourth-order valence-electron chi connectivity index (χ4n) is 2.90. The van der Waals surface area contributed by atoms with Gasteiger partial charge in [0, 0.05) is 25.3 Å². The Morgan fingerprint density at radius 1 is 1.04 bits per heavy atom. The molecule has 2 aromatic rings. The number of hydrogen-bond donors (Lipinski definition) is 0. The second kappa shape index (κ2) is 6.75. The lowest BCUT2D eigenvalue weighted by molar-refractivity contribution is 0.278. The van der Waals surface area contributed by atoms with Crippen molar-refractivity contribution in [2.24, 2.45) is 0 Å². The molecule has 0 atom stereocenters. The first-order valence-electron chi connectivity index (χ1n) is 8.20. The quantitative estimate of drug-likeness (QED) is 0.769. The topological polar surface area (TPSA) is 110 Å². The van der Waals surface area contributed by atoms with E-state index in [0.717, 1.165) is 17.4 Å². The monoisotopic (exact) mass is 399 g/mol. The Hall–Kier alpha value is -1.78. The maximum absolute atomic E-state index is 12.8. The molecule has 8 nitrogen and oxygen atoms in total. The van der Waals surface area contributed by atoms with Crippen LogP contribution in [0, 0.1) is 13.8 Å². The molecule has 1 aliphatic rings. The molecular formula is C16H21N3O5S2. The number of nitrogens with zero attached hydrogens (tertiary/aromatic N) is 3. The van der Waals surface area contributed by atoms with E-state index in [2.05, 4.69) is 10.2 Å². The number of sulfone groups is 1. The van der Waals surface area contributed by atoms with Gasteiger partial charge in [-0.05, 0) is 49.9 Å². The second-order valence-corrected chi connectivity index (χ2v) is 10.4. The molecule has 1 aromatic heterocycles. The van der Waals surface area contributed by atoms with Crippen LogP contribution in [-0.2, 0) is 19.9 Å². The Balaban J connectivity index is 1.73. The van der Waals surface area contributed by atoms with Crippen molar-refractivity contribution in [2.75, 3.05) is 19.3 Å². The summed E-state index contributed by atoms with van der Waals surface area (Å²) in [5.74, 6) is 0.0952. The number of sulfonamides is 1. The summed E-state index contributed by atoms with van der Waals surface area (Å²) in [6.45, 7) is 4.45. The molecule has 0 aliphatic carbocycles. The summed E-state index contributed by atoms with van der Waals surface area (Å²) < 4.78 is 55.2. The molecule has 3 rings (SSSR count). The highest BCUT2D eigenvalue weighted by Crippen LogP contribution is 2.30. The zero-order chi connectivity index (χ0) is 19.1. The van der Waals surface area contributed by atoms with E-state index in [9.17, 15) is 16.8 Å². The molecule has 10 heteroatoms. The van der Waals surface area contributed by atoms with Gasteiger partial charge >= 0.3 is 5.22 Å². The number of aryl methyl sites for hydroxylation is 2. The van der Waals surface area contributed by atoms with Gasteiger partial charge in [0.2, 0.25) is 25.8 Å². The number of benzene rings is 1. The van der Waals surface area contributed by atoms with Gasteiger partial charge in [0.15, 0.2) is 0 Å². The van der Waals surface area contributed by atoms with Crippen molar-refractivity contribution in [3.05, 3.63) is 35.2 Å². The van der Waals surface area contributed by atoms with Crippen LogP contribution in [0.1, 0.15) is 35.8 Å². The fraction of sp³-hybridized carbons (Fsp3) is 0.500. The summed E-state index contributed by atoms with van der Waals surface area (Å²) in [5, 5.41) is 6.96. The summed E-state index contributed by atoms with van der Waals surface area (Å²) in [6.07, 6.45) is 1.99. The highest BCUT2D eigenvalue weighted by Gasteiger charge is 2.32. The molecule has 1 aliphatic heterocycles. The minimum atomic E-state index is -3.55. The predicted octanol–water partition coefficient (Wildman–Crippen LogP) is 1.66. The highest BCUT2D eigenvalue weighted by molar-refractivity contribution is 7.90. The zero-order valence-electron chi connectivity index (χ0n) is 14.8. The Morgan fingerprint density at radius 2 is 1.69 bits per heavy atom.